The van der Waals surface area contributed by atoms with Gasteiger partial charge in [-0.1, -0.05) is 0 Å². The molecule has 1 aliphatic rings. The molecule has 1 saturated heterocycles. The molecule has 0 saturated carbocycles. The Hall–Kier alpha value is 0.130. The number of nitrogens with one attached hydrogen (secondary N) is 1. The molecule has 0 aromatic heterocycles. The highest BCUT2D eigenvalue weighted by atomic mass is 32.2. The van der Waals surface area contributed by atoms with E-state index in [0.29, 0.717) is 6.54 Å². The molecule has 0 spiro atoms. The van der Waals surface area contributed by atoms with Gasteiger partial charge in [-0.2, -0.15) is 11.8 Å². The van der Waals surface area contributed by atoms with Crippen molar-refractivity contribution >= 4 is 11.8 Å². The first kappa shape index (κ1) is 11.2. The topological polar surface area (TPSA) is 38.0 Å². The molecule has 2 nitrogen and oxygen atoms in total. The number of rotatable bonds is 4. The molecule has 78 valence electrons. The summed E-state index contributed by atoms with van der Waals surface area (Å²) in [6, 6.07) is 0. The fourth-order valence-corrected chi connectivity index (χ4v) is 2.78. The van der Waals surface area contributed by atoms with Gasteiger partial charge in [0.15, 0.2) is 0 Å². The average Bonchev–Trinajstić information content (AvgIpc) is 2.16. The lowest BCUT2D eigenvalue weighted by atomic mass is 9.92. The van der Waals surface area contributed by atoms with Crippen LogP contribution >= 0.6 is 11.8 Å². The van der Waals surface area contributed by atoms with E-state index >= 15 is 0 Å². The predicted octanol–water partition coefficient (Wildman–Crippen LogP) is 1.07. The van der Waals surface area contributed by atoms with Gasteiger partial charge in [0.05, 0.1) is 6.54 Å². The molecule has 0 radical (unpaired) electrons. The van der Waals surface area contributed by atoms with Crippen molar-refractivity contribution in [1.82, 2.24) is 5.32 Å². The van der Waals surface area contributed by atoms with E-state index in [1.807, 2.05) is 11.8 Å². The summed E-state index contributed by atoms with van der Waals surface area (Å²) >= 11 is 1.86. The molecule has 0 aromatic rings. The Labute approximate surface area is 81.6 Å². The lowest BCUT2D eigenvalue weighted by Gasteiger charge is -2.37. The molecular formula is C8H16F2N2S. The van der Waals surface area contributed by atoms with Crippen LogP contribution < -0.4 is 11.1 Å². The summed E-state index contributed by atoms with van der Waals surface area (Å²) in [4.78, 5) is 0. The summed E-state index contributed by atoms with van der Waals surface area (Å²) in [6.45, 7) is 0.224. The number of alkyl halides is 2. The SMILES string of the molecule is NCC1(NCC(F)F)CCSCC1. The van der Waals surface area contributed by atoms with Gasteiger partial charge in [0.2, 0.25) is 0 Å². The van der Waals surface area contributed by atoms with Crippen molar-refractivity contribution in [3.8, 4) is 0 Å². The van der Waals surface area contributed by atoms with Crippen LogP contribution in [0.5, 0.6) is 0 Å². The van der Waals surface area contributed by atoms with E-state index in [0.717, 1.165) is 24.3 Å². The van der Waals surface area contributed by atoms with Crippen molar-refractivity contribution in [2.75, 3.05) is 24.6 Å². The molecule has 5 heteroatoms. The summed E-state index contributed by atoms with van der Waals surface area (Å²) in [5, 5.41) is 2.90. The molecule has 0 aromatic carbocycles. The maximum Gasteiger partial charge on any atom is 0.250 e. The zero-order chi connectivity index (χ0) is 9.73. The number of nitrogens with two attached hydrogens (primary N) is 1. The number of halogens is 2. The molecule has 1 fully saturated rings. The lowest BCUT2D eigenvalue weighted by molar-refractivity contribution is 0.127. The van der Waals surface area contributed by atoms with Crippen LogP contribution in [0.15, 0.2) is 0 Å². The third-order valence-corrected chi connectivity index (χ3v) is 3.46. The van der Waals surface area contributed by atoms with Gasteiger partial charge in [0.1, 0.15) is 0 Å². The lowest BCUT2D eigenvalue weighted by Crippen LogP contribution is -2.54. The van der Waals surface area contributed by atoms with E-state index in [1.54, 1.807) is 0 Å². The molecule has 0 aliphatic carbocycles. The fourth-order valence-electron chi connectivity index (χ4n) is 1.51. The highest BCUT2D eigenvalue weighted by molar-refractivity contribution is 7.99. The van der Waals surface area contributed by atoms with Gasteiger partial charge in [0.25, 0.3) is 6.43 Å². The normalized spacial score (nSPS) is 22.2. The van der Waals surface area contributed by atoms with Crippen molar-refractivity contribution in [2.45, 2.75) is 24.8 Å². The van der Waals surface area contributed by atoms with Crippen LogP contribution in [-0.2, 0) is 0 Å². The van der Waals surface area contributed by atoms with E-state index in [1.165, 1.54) is 0 Å². The Kier molecular flexibility index (Phi) is 4.41. The van der Waals surface area contributed by atoms with E-state index in [-0.39, 0.29) is 12.1 Å². The molecular weight excluding hydrogens is 194 g/mol. The van der Waals surface area contributed by atoms with Gasteiger partial charge in [-0.3, -0.25) is 0 Å². The Balaban J connectivity index is 2.38. The number of hydrogen-bond acceptors (Lipinski definition) is 3. The third-order valence-electron chi connectivity index (χ3n) is 2.47. The monoisotopic (exact) mass is 210 g/mol. The second-order valence-corrected chi connectivity index (χ2v) is 4.59. The molecule has 13 heavy (non-hydrogen) atoms. The summed E-state index contributed by atoms with van der Waals surface area (Å²) in [6.07, 6.45) is -0.472. The minimum atomic E-state index is -2.28. The molecule has 1 aliphatic heterocycles. The van der Waals surface area contributed by atoms with E-state index in [4.69, 9.17) is 5.73 Å². The minimum absolute atomic E-state index is 0.221. The molecule has 1 heterocycles. The van der Waals surface area contributed by atoms with Crippen LogP contribution in [0.3, 0.4) is 0 Å². The van der Waals surface area contributed by atoms with Crippen molar-refractivity contribution in [1.29, 1.82) is 0 Å². The number of hydrogen-bond donors (Lipinski definition) is 2. The average molecular weight is 210 g/mol. The summed E-state index contributed by atoms with van der Waals surface area (Å²) < 4.78 is 24.0. The van der Waals surface area contributed by atoms with Gasteiger partial charge in [-0.15, -0.1) is 0 Å². The highest BCUT2D eigenvalue weighted by Crippen LogP contribution is 2.26. The molecule has 0 atom stereocenters. The van der Waals surface area contributed by atoms with Crippen molar-refractivity contribution < 1.29 is 8.78 Å². The third kappa shape index (κ3) is 3.40. The summed E-state index contributed by atoms with van der Waals surface area (Å²) in [5.74, 6) is 2.04. The predicted molar refractivity (Wildman–Crippen MR) is 52.4 cm³/mol. The van der Waals surface area contributed by atoms with Crippen LogP contribution in [0.1, 0.15) is 12.8 Å². The van der Waals surface area contributed by atoms with Gasteiger partial charge in [-0.05, 0) is 24.3 Å². The first-order valence-electron chi connectivity index (χ1n) is 4.49. The van der Waals surface area contributed by atoms with Crippen LogP contribution in [-0.4, -0.2) is 36.6 Å². The summed E-state index contributed by atoms with van der Waals surface area (Å²) in [7, 11) is 0. The Morgan fingerprint density at radius 3 is 2.46 bits per heavy atom. The maximum atomic E-state index is 12.0. The zero-order valence-corrected chi connectivity index (χ0v) is 8.38. The second kappa shape index (κ2) is 5.12. The van der Waals surface area contributed by atoms with Crippen molar-refractivity contribution in [3.05, 3.63) is 0 Å². The van der Waals surface area contributed by atoms with Gasteiger partial charge in [-0.25, -0.2) is 8.78 Å². The molecule has 3 N–H and O–H groups in total. The van der Waals surface area contributed by atoms with Gasteiger partial charge < -0.3 is 11.1 Å². The van der Waals surface area contributed by atoms with Crippen molar-refractivity contribution in [2.24, 2.45) is 5.73 Å². The quantitative estimate of drug-likeness (QED) is 0.729. The number of thioether (sulfide) groups is 1. The van der Waals surface area contributed by atoms with E-state index in [9.17, 15) is 8.78 Å². The fraction of sp³-hybridized carbons (Fsp3) is 1.00. The maximum absolute atomic E-state index is 12.0. The van der Waals surface area contributed by atoms with Gasteiger partial charge in [0, 0.05) is 12.1 Å². The zero-order valence-electron chi connectivity index (χ0n) is 7.56. The van der Waals surface area contributed by atoms with E-state index in [2.05, 4.69) is 5.32 Å². The molecule has 1 rings (SSSR count). The largest absolute Gasteiger partial charge is 0.329 e. The Morgan fingerprint density at radius 1 is 1.38 bits per heavy atom. The minimum Gasteiger partial charge on any atom is -0.329 e. The highest BCUT2D eigenvalue weighted by Gasteiger charge is 2.30. The first-order valence-corrected chi connectivity index (χ1v) is 5.65. The van der Waals surface area contributed by atoms with Gasteiger partial charge >= 0.3 is 0 Å². The molecule has 0 unspecified atom stereocenters. The first-order chi connectivity index (χ1) is 6.18. The summed E-state index contributed by atoms with van der Waals surface area (Å²) in [5.41, 5.74) is 5.39. The Morgan fingerprint density at radius 2 is 2.00 bits per heavy atom. The molecule has 0 amide bonds. The Bertz CT molecular complexity index is 149. The smallest absolute Gasteiger partial charge is 0.250 e. The standard InChI is InChI=1S/C8H16F2N2S/c9-7(10)5-12-8(6-11)1-3-13-4-2-8/h7,12H,1-6,11H2. The van der Waals surface area contributed by atoms with Crippen LogP contribution in [0.25, 0.3) is 0 Å². The van der Waals surface area contributed by atoms with Crippen molar-refractivity contribution in [3.63, 3.8) is 0 Å². The van der Waals surface area contributed by atoms with Crippen LogP contribution in [0.4, 0.5) is 8.78 Å². The van der Waals surface area contributed by atoms with E-state index < -0.39 is 6.43 Å². The van der Waals surface area contributed by atoms with Crippen LogP contribution in [0, 0.1) is 0 Å². The molecule has 0 bridgehead atoms. The van der Waals surface area contributed by atoms with Crippen LogP contribution in [0.2, 0.25) is 0 Å². The second-order valence-electron chi connectivity index (χ2n) is 3.37.